The zero-order valence-corrected chi connectivity index (χ0v) is 16.8. The molecule has 1 saturated heterocycles. The molecule has 4 rings (SSSR count). The van der Waals surface area contributed by atoms with Crippen molar-refractivity contribution in [1.29, 1.82) is 0 Å². The molecule has 0 atom stereocenters. The summed E-state index contributed by atoms with van der Waals surface area (Å²) in [6, 6.07) is 8.84. The highest BCUT2D eigenvalue weighted by Crippen LogP contribution is 2.21. The molecule has 0 unspecified atom stereocenters. The Hall–Kier alpha value is -3.07. The predicted molar refractivity (Wildman–Crippen MR) is 112 cm³/mol. The average Bonchev–Trinajstić information content (AvgIpc) is 3.31. The van der Waals surface area contributed by atoms with E-state index in [1.165, 1.54) is 23.5 Å². The van der Waals surface area contributed by atoms with Crippen LogP contribution in [0.3, 0.4) is 0 Å². The second-order valence-electron chi connectivity index (χ2n) is 6.82. The third-order valence-corrected chi connectivity index (χ3v) is 5.71. The molecule has 0 radical (unpaired) electrons. The SMILES string of the molecule is O=C(NCCn1nc(-c2cccs2)ccc1=O)c1cc(N2CCCCC2)ncn1. The summed E-state index contributed by atoms with van der Waals surface area (Å²) < 4.78 is 1.37. The molecule has 8 nitrogen and oxygen atoms in total. The third-order valence-electron chi connectivity index (χ3n) is 4.81. The molecule has 1 fully saturated rings. The zero-order valence-electron chi connectivity index (χ0n) is 16.0. The zero-order chi connectivity index (χ0) is 20.1. The minimum Gasteiger partial charge on any atom is -0.357 e. The molecule has 0 spiro atoms. The molecule has 3 aromatic heterocycles. The lowest BCUT2D eigenvalue weighted by Gasteiger charge is -2.27. The average molecular weight is 411 g/mol. The van der Waals surface area contributed by atoms with E-state index in [0.717, 1.165) is 42.3 Å². The van der Waals surface area contributed by atoms with E-state index in [1.54, 1.807) is 23.5 Å². The largest absolute Gasteiger partial charge is 0.357 e. The maximum atomic E-state index is 12.5. The summed E-state index contributed by atoms with van der Waals surface area (Å²) in [6.45, 7) is 2.47. The minimum absolute atomic E-state index is 0.200. The van der Waals surface area contributed by atoms with Gasteiger partial charge in [-0.1, -0.05) is 6.07 Å². The molecule has 4 heterocycles. The van der Waals surface area contributed by atoms with E-state index in [0.29, 0.717) is 5.69 Å². The Bertz CT molecular complexity index is 1030. The van der Waals surface area contributed by atoms with Gasteiger partial charge in [0.15, 0.2) is 0 Å². The molecule has 0 aliphatic carbocycles. The van der Waals surface area contributed by atoms with Crippen LogP contribution in [-0.2, 0) is 6.54 Å². The van der Waals surface area contributed by atoms with Gasteiger partial charge in [-0.15, -0.1) is 11.3 Å². The molecule has 1 amide bonds. The molecule has 9 heteroatoms. The number of nitrogens with zero attached hydrogens (tertiary/aromatic N) is 5. The number of hydrogen-bond acceptors (Lipinski definition) is 7. The number of piperidine rings is 1. The van der Waals surface area contributed by atoms with Crippen LogP contribution >= 0.6 is 11.3 Å². The second kappa shape index (κ2) is 8.95. The van der Waals surface area contributed by atoms with Gasteiger partial charge in [-0.2, -0.15) is 5.10 Å². The standard InChI is InChI=1S/C20H22N6O2S/c27-19-7-6-15(17-5-4-12-29-17)24-26(19)11-8-21-20(28)16-13-18(23-14-22-16)25-9-2-1-3-10-25/h4-7,12-14H,1-3,8-11H2,(H,21,28). The lowest BCUT2D eigenvalue weighted by Crippen LogP contribution is -2.33. The van der Waals surface area contributed by atoms with Crippen LogP contribution in [0, 0.1) is 0 Å². The van der Waals surface area contributed by atoms with E-state index in [2.05, 4.69) is 25.3 Å². The van der Waals surface area contributed by atoms with Crippen molar-refractivity contribution in [2.45, 2.75) is 25.8 Å². The number of nitrogens with one attached hydrogen (secondary N) is 1. The summed E-state index contributed by atoms with van der Waals surface area (Å²) in [5.41, 5.74) is 0.870. The van der Waals surface area contributed by atoms with Crippen LogP contribution in [0.25, 0.3) is 10.6 Å². The van der Waals surface area contributed by atoms with E-state index in [9.17, 15) is 9.59 Å². The van der Waals surface area contributed by atoms with E-state index < -0.39 is 0 Å². The second-order valence-corrected chi connectivity index (χ2v) is 7.77. The molecule has 1 N–H and O–H groups in total. The van der Waals surface area contributed by atoms with Gasteiger partial charge in [0.2, 0.25) is 0 Å². The lowest BCUT2D eigenvalue weighted by molar-refractivity contribution is 0.0946. The van der Waals surface area contributed by atoms with Crippen molar-refractivity contribution >= 4 is 23.1 Å². The predicted octanol–water partition coefficient (Wildman–Crippen LogP) is 2.18. The summed E-state index contributed by atoms with van der Waals surface area (Å²) in [5, 5.41) is 9.17. The van der Waals surface area contributed by atoms with Gasteiger partial charge in [-0.3, -0.25) is 9.59 Å². The van der Waals surface area contributed by atoms with Crippen molar-refractivity contribution < 1.29 is 4.79 Å². The molecule has 3 aromatic rings. The van der Waals surface area contributed by atoms with Crippen molar-refractivity contribution in [3.63, 3.8) is 0 Å². The van der Waals surface area contributed by atoms with Crippen molar-refractivity contribution in [2.24, 2.45) is 0 Å². The van der Waals surface area contributed by atoms with E-state index >= 15 is 0 Å². The highest BCUT2D eigenvalue weighted by molar-refractivity contribution is 7.13. The van der Waals surface area contributed by atoms with Gasteiger partial charge in [0.05, 0.1) is 11.4 Å². The van der Waals surface area contributed by atoms with Gasteiger partial charge in [0, 0.05) is 31.8 Å². The first-order chi connectivity index (χ1) is 14.2. The normalized spacial score (nSPS) is 14.0. The van der Waals surface area contributed by atoms with Crippen molar-refractivity contribution in [3.05, 3.63) is 58.1 Å². The molecular weight excluding hydrogens is 388 g/mol. The topological polar surface area (TPSA) is 93.0 Å². The first kappa shape index (κ1) is 19.3. The number of carbonyl (C=O) groups excluding carboxylic acids is 1. The van der Waals surface area contributed by atoms with Gasteiger partial charge < -0.3 is 10.2 Å². The first-order valence-corrected chi connectivity index (χ1v) is 10.6. The number of amides is 1. The quantitative estimate of drug-likeness (QED) is 0.670. The van der Waals surface area contributed by atoms with Crippen LogP contribution in [0.15, 0.2) is 46.8 Å². The number of carbonyl (C=O) groups is 1. The number of anilines is 1. The molecule has 0 bridgehead atoms. The fraction of sp³-hybridized carbons (Fsp3) is 0.350. The number of thiophene rings is 1. The Morgan fingerprint density at radius 1 is 1.14 bits per heavy atom. The smallest absolute Gasteiger partial charge is 0.270 e. The molecule has 1 aliphatic rings. The van der Waals surface area contributed by atoms with Crippen LogP contribution < -0.4 is 15.8 Å². The fourth-order valence-corrected chi connectivity index (χ4v) is 3.99. The maximum absolute atomic E-state index is 12.5. The Labute approximate surface area is 172 Å². The monoisotopic (exact) mass is 410 g/mol. The number of hydrogen-bond donors (Lipinski definition) is 1. The van der Waals surface area contributed by atoms with Crippen molar-refractivity contribution in [3.8, 4) is 10.6 Å². The molecule has 29 heavy (non-hydrogen) atoms. The minimum atomic E-state index is -0.284. The Kier molecular flexibility index (Phi) is 5.95. The van der Waals surface area contributed by atoms with Crippen LogP contribution in [0.2, 0.25) is 0 Å². The van der Waals surface area contributed by atoms with Crippen LogP contribution in [0.4, 0.5) is 5.82 Å². The van der Waals surface area contributed by atoms with Gasteiger partial charge in [-0.25, -0.2) is 14.6 Å². The highest BCUT2D eigenvalue weighted by atomic mass is 32.1. The Morgan fingerprint density at radius 3 is 2.79 bits per heavy atom. The van der Waals surface area contributed by atoms with E-state index in [-0.39, 0.29) is 24.6 Å². The summed E-state index contributed by atoms with van der Waals surface area (Å²) >= 11 is 1.56. The summed E-state index contributed by atoms with van der Waals surface area (Å²) in [7, 11) is 0. The summed E-state index contributed by atoms with van der Waals surface area (Å²) in [5.74, 6) is 0.500. The Balaban J connectivity index is 1.38. The Morgan fingerprint density at radius 2 is 2.00 bits per heavy atom. The van der Waals surface area contributed by atoms with Crippen LogP contribution in [0.1, 0.15) is 29.8 Å². The van der Waals surface area contributed by atoms with E-state index in [1.807, 2.05) is 17.5 Å². The molecule has 0 saturated carbocycles. The van der Waals surface area contributed by atoms with Gasteiger partial charge in [0.25, 0.3) is 11.5 Å². The summed E-state index contributed by atoms with van der Waals surface area (Å²) in [6.07, 6.45) is 4.93. The van der Waals surface area contributed by atoms with Gasteiger partial charge in [0.1, 0.15) is 23.5 Å². The third kappa shape index (κ3) is 4.68. The van der Waals surface area contributed by atoms with Gasteiger partial charge in [-0.05, 0) is 36.8 Å². The number of rotatable bonds is 6. The van der Waals surface area contributed by atoms with Gasteiger partial charge >= 0.3 is 0 Å². The number of aromatic nitrogens is 4. The van der Waals surface area contributed by atoms with Crippen molar-refractivity contribution in [1.82, 2.24) is 25.1 Å². The lowest BCUT2D eigenvalue weighted by atomic mass is 10.1. The van der Waals surface area contributed by atoms with Crippen LogP contribution in [0.5, 0.6) is 0 Å². The molecule has 1 aliphatic heterocycles. The maximum Gasteiger partial charge on any atom is 0.270 e. The fourth-order valence-electron chi connectivity index (χ4n) is 3.30. The molecule has 150 valence electrons. The van der Waals surface area contributed by atoms with E-state index in [4.69, 9.17) is 0 Å². The summed E-state index contributed by atoms with van der Waals surface area (Å²) in [4.78, 5) is 36.1. The highest BCUT2D eigenvalue weighted by Gasteiger charge is 2.15. The first-order valence-electron chi connectivity index (χ1n) is 9.68. The van der Waals surface area contributed by atoms with Crippen LogP contribution in [-0.4, -0.2) is 45.3 Å². The van der Waals surface area contributed by atoms with Crippen molar-refractivity contribution in [2.75, 3.05) is 24.5 Å². The molecule has 0 aromatic carbocycles. The molecular formula is C20H22N6O2S.